The van der Waals surface area contributed by atoms with Crippen molar-refractivity contribution in [2.75, 3.05) is 19.0 Å². The average molecular weight is 356 g/mol. The van der Waals surface area contributed by atoms with Gasteiger partial charge in [-0.15, -0.1) is 5.06 Å². The number of nitrogens with zero attached hydrogens (tertiary/aromatic N) is 2. The molecule has 1 amide bonds. The lowest BCUT2D eigenvalue weighted by atomic mass is 10.0. The molecular weight excluding hydrogens is 336 g/mol. The standard InChI is InChI=1S/C19H20N2O5/c1-11-5-8-17(22)21(11)26-18(23)10-15-12(2)14-7-6-13(20(3)4)9-16(14)25-19(15)24/h6-7,9H,1,5,8,10H2,2-4H3. The Morgan fingerprint density at radius 1 is 1.31 bits per heavy atom. The molecule has 2 aromatic rings. The zero-order valence-electron chi connectivity index (χ0n) is 15.0. The summed E-state index contributed by atoms with van der Waals surface area (Å²) in [5, 5.41) is 1.66. The Labute approximate surface area is 150 Å². The van der Waals surface area contributed by atoms with Crippen molar-refractivity contribution < 1.29 is 18.8 Å². The minimum Gasteiger partial charge on any atom is -0.422 e. The SMILES string of the molecule is C=C1CCC(=O)N1OC(=O)Cc1c(C)c2ccc(N(C)C)cc2oc1=O. The van der Waals surface area contributed by atoms with E-state index >= 15 is 0 Å². The van der Waals surface area contributed by atoms with Gasteiger partial charge in [-0.2, -0.15) is 0 Å². The maximum atomic E-state index is 12.4. The molecule has 1 aliphatic heterocycles. The first-order valence-corrected chi connectivity index (χ1v) is 8.23. The van der Waals surface area contributed by atoms with Gasteiger partial charge in [-0.05, 0) is 31.0 Å². The quantitative estimate of drug-likeness (QED) is 0.782. The van der Waals surface area contributed by atoms with Crippen LogP contribution in [0.25, 0.3) is 11.0 Å². The van der Waals surface area contributed by atoms with Gasteiger partial charge in [0.25, 0.3) is 5.91 Å². The topological polar surface area (TPSA) is 80.1 Å². The van der Waals surface area contributed by atoms with E-state index in [2.05, 4.69) is 6.58 Å². The molecule has 1 fully saturated rings. The van der Waals surface area contributed by atoms with Gasteiger partial charge < -0.3 is 14.2 Å². The molecule has 0 aliphatic carbocycles. The van der Waals surface area contributed by atoms with Crippen molar-refractivity contribution in [3.8, 4) is 0 Å². The third-order valence-electron chi connectivity index (χ3n) is 4.44. The average Bonchev–Trinajstić information content (AvgIpc) is 2.90. The second-order valence-electron chi connectivity index (χ2n) is 6.46. The van der Waals surface area contributed by atoms with E-state index in [1.54, 1.807) is 13.0 Å². The predicted molar refractivity (Wildman–Crippen MR) is 96.6 cm³/mol. The van der Waals surface area contributed by atoms with E-state index in [1.165, 1.54) is 0 Å². The first-order chi connectivity index (χ1) is 12.3. The number of amides is 1. The highest BCUT2D eigenvalue weighted by atomic mass is 16.7. The van der Waals surface area contributed by atoms with Gasteiger partial charge in [0, 0.05) is 37.7 Å². The van der Waals surface area contributed by atoms with Gasteiger partial charge in [-0.3, -0.25) is 4.79 Å². The molecule has 1 aromatic heterocycles. The molecule has 1 aromatic carbocycles. The van der Waals surface area contributed by atoms with E-state index < -0.39 is 11.6 Å². The molecule has 1 saturated heterocycles. The molecule has 2 heterocycles. The highest BCUT2D eigenvalue weighted by Crippen LogP contribution is 2.25. The molecule has 0 spiro atoms. The monoisotopic (exact) mass is 356 g/mol. The van der Waals surface area contributed by atoms with E-state index in [0.29, 0.717) is 23.3 Å². The second-order valence-corrected chi connectivity index (χ2v) is 6.46. The van der Waals surface area contributed by atoms with E-state index in [0.717, 1.165) is 16.1 Å². The van der Waals surface area contributed by atoms with Crippen molar-refractivity contribution in [2.24, 2.45) is 0 Å². The van der Waals surface area contributed by atoms with Crippen molar-refractivity contribution >= 4 is 28.5 Å². The molecule has 0 unspecified atom stereocenters. The van der Waals surface area contributed by atoms with Crippen molar-refractivity contribution in [1.82, 2.24) is 5.06 Å². The fourth-order valence-corrected chi connectivity index (χ4v) is 2.89. The Morgan fingerprint density at radius 2 is 2.04 bits per heavy atom. The second kappa shape index (κ2) is 6.67. The minimum atomic E-state index is -0.707. The first kappa shape index (κ1) is 17.7. The van der Waals surface area contributed by atoms with Crippen molar-refractivity contribution in [3.63, 3.8) is 0 Å². The van der Waals surface area contributed by atoms with Crippen LogP contribution in [0.3, 0.4) is 0 Å². The van der Waals surface area contributed by atoms with Crippen molar-refractivity contribution in [2.45, 2.75) is 26.2 Å². The molecule has 7 nitrogen and oxygen atoms in total. The first-order valence-electron chi connectivity index (χ1n) is 8.23. The fourth-order valence-electron chi connectivity index (χ4n) is 2.89. The molecule has 0 atom stereocenters. The maximum Gasteiger partial charge on any atom is 0.340 e. The molecule has 0 bridgehead atoms. The molecule has 0 saturated carbocycles. The number of rotatable bonds is 4. The summed E-state index contributed by atoms with van der Waals surface area (Å²) in [6.07, 6.45) is 0.436. The van der Waals surface area contributed by atoms with E-state index in [4.69, 9.17) is 9.25 Å². The van der Waals surface area contributed by atoms with Gasteiger partial charge in [0.2, 0.25) is 0 Å². The zero-order valence-corrected chi connectivity index (χ0v) is 15.0. The number of hydrogen-bond acceptors (Lipinski definition) is 6. The Balaban J connectivity index is 1.89. The predicted octanol–water partition coefficient (Wildman–Crippen LogP) is 2.30. The van der Waals surface area contributed by atoms with Gasteiger partial charge in [-0.1, -0.05) is 6.58 Å². The van der Waals surface area contributed by atoms with E-state index in [-0.39, 0.29) is 24.3 Å². The Bertz CT molecular complexity index is 958. The molecule has 0 N–H and O–H groups in total. The number of aryl methyl sites for hydroxylation is 1. The number of carbonyl (C=O) groups is 2. The highest BCUT2D eigenvalue weighted by molar-refractivity contribution is 5.86. The number of benzene rings is 1. The van der Waals surface area contributed by atoms with Crippen LogP contribution in [-0.2, 0) is 20.8 Å². The molecular formula is C19H20N2O5. The lowest BCUT2D eigenvalue weighted by Gasteiger charge is -2.16. The molecule has 3 rings (SSSR count). The number of hydrogen-bond donors (Lipinski definition) is 0. The number of anilines is 1. The minimum absolute atomic E-state index is 0.220. The van der Waals surface area contributed by atoms with Gasteiger partial charge >= 0.3 is 11.6 Å². The summed E-state index contributed by atoms with van der Waals surface area (Å²) in [6.45, 7) is 5.45. The van der Waals surface area contributed by atoms with E-state index in [9.17, 15) is 14.4 Å². The van der Waals surface area contributed by atoms with E-state index in [1.807, 2.05) is 31.1 Å². The summed E-state index contributed by atoms with van der Waals surface area (Å²) in [5.74, 6) is -1.03. The molecule has 1 aliphatic rings. The van der Waals surface area contributed by atoms with Gasteiger partial charge in [-0.25, -0.2) is 9.59 Å². The smallest absolute Gasteiger partial charge is 0.340 e. The third kappa shape index (κ3) is 3.20. The number of fused-ring (bicyclic) bond motifs is 1. The number of allylic oxidation sites excluding steroid dienone is 1. The van der Waals surface area contributed by atoms with Gasteiger partial charge in [0.1, 0.15) is 5.58 Å². The van der Waals surface area contributed by atoms with Crippen LogP contribution in [0.2, 0.25) is 0 Å². The van der Waals surface area contributed by atoms with Crippen LogP contribution in [0.5, 0.6) is 0 Å². The van der Waals surface area contributed by atoms with Crippen molar-refractivity contribution in [3.05, 3.63) is 52.0 Å². The van der Waals surface area contributed by atoms with Crippen LogP contribution in [-0.4, -0.2) is 31.0 Å². The molecule has 7 heteroatoms. The normalized spacial score (nSPS) is 14.2. The summed E-state index contributed by atoms with van der Waals surface area (Å²) >= 11 is 0. The lowest BCUT2D eigenvalue weighted by Crippen LogP contribution is -2.29. The Hall–Kier alpha value is -3.09. The van der Waals surface area contributed by atoms with Crippen LogP contribution >= 0.6 is 0 Å². The van der Waals surface area contributed by atoms with Gasteiger partial charge in [0.05, 0.1) is 17.7 Å². The largest absolute Gasteiger partial charge is 0.422 e. The van der Waals surface area contributed by atoms with Crippen LogP contribution < -0.4 is 10.5 Å². The van der Waals surface area contributed by atoms with Crippen molar-refractivity contribution in [1.29, 1.82) is 0 Å². The summed E-state index contributed by atoms with van der Waals surface area (Å²) in [5.41, 5.74) is 2.08. The Kier molecular flexibility index (Phi) is 4.54. The summed E-state index contributed by atoms with van der Waals surface area (Å²) in [6, 6.07) is 5.53. The summed E-state index contributed by atoms with van der Waals surface area (Å²) in [4.78, 5) is 43.2. The number of hydroxylamine groups is 2. The van der Waals surface area contributed by atoms with Crippen LogP contribution in [0.4, 0.5) is 5.69 Å². The van der Waals surface area contributed by atoms with Crippen LogP contribution in [0.1, 0.15) is 24.0 Å². The zero-order chi connectivity index (χ0) is 19.0. The summed E-state index contributed by atoms with van der Waals surface area (Å²) < 4.78 is 5.39. The van der Waals surface area contributed by atoms with Crippen LogP contribution in [0, 0.1) is 6.92 Å². The molecule has 26 heavy (non-hydrogen) atoms. The third-order valence-corrected chi connectivity index (χ3v) is 4.44. The van der Waals surface area contributed by atoms with Crippen LogP contribution in [0.15, 0.2) is 39.7 Å². The number of carbonyl (C=O) groups excluding carboxylic acids is 2. The lowest BCUT2D eigenvalue weighted by molar-refractivity contribution is -0.186. The maximum absolute atomic E-state index is 12.4. The molecule has 136 valence electrons. The fraction of sp³-hybridized carbons (Fsp3) is 0.316. The highest BCUT2D eigenvalue weighted by Gasteiger charge is 2.28. The van der Waals surface area contributed by atoms with Gasteiger partial charge in [0.15, 0.2) is 0 Å². The Morgan fingerprint density at radius 3 is 2.65 bits per heavy atom. The molecule has 0 radical (unpaired) electrons. The summed E-state index contributed by atoms with van der Waals surface area (Å²) in [7, 11) is 3.79.